The van der Waals surface area contributed by atoms with Crippen molar-refractivity contribution in [2.24, 2.45) is 10.2 Å². The van der Waals surface area contributed by atoms with Gasteiger partial charge in [0, 0.05) is 48.1 Å². The molecular formula is C22H23N5O. The molecule has 1 aromatic heterocycles. The molecule has 3 aromatic rings. The number of hydrogen-bond acceptors (Lipinski definition) is 3. The molecule has 1 aliphatic rings. The van der Waals surface area contributed by atoms with Crippen molar-refractivity contribution in [3.05, 3.63) is 66.1 Å². The SMILES string of the molecule is CCn1c2ccccc2c2cc(N=NC=C3C=C(C)N(C)C(=O)N3C)ccc21. The molecule has 0 radical (unpaired) electrons. The summed E-state index contributed by atoms with van der Waals surface area (Å²) in [6.07, 6.45) is 3.53. The van der Waals surface area contributed by atoms with Crippen LogP contribution < -0.4 is 0 Å². The Hall–Kier alpha value is -3.41. The van der Waals surface area contributed by atoms with Gasteiger partial charge in [-0.3, -0.25) is 4.90 Å². The van der Waals surface area contributed by atoms with Crippen LogP contribution in [0.4, 0.5) is 10.5 Å². The van der Waals surface area contributed by atoms with Crippen molar-refractivity contribution in [2.45, 2.75) is 20.4 Å². The van der Waals surface area contributed by atoms with Crippen LogP contribution in [-0.4, -0.2) is 34.5 Å². The molecular weight excluding hydrogens is 350 g/mol. The number of carbonyl (C=O) groups is 1. The van der Waals surface area contributed by atoms with Crippen LogP contribution in [0.5, 0.6) is 0 Å². The van der Waals surface area contributed by atoms with Crippen molar-refractivity contribution >= 4 is 33.5 Å². The molecule has 0 saturated heterocycles. The summed E-state index contributed by atoms with van der Waals surface area (Å²) < 4.78 is 2.31. The van der Waals surface area contributed by atoms with Crippen molar-refractivity contribution in [3.8, 4) is 0 Å². The summed E-state index contributed by atoms with van der Waals surface area (Å²) in [5.74, 6) is 0. The molecule has 6 nitrogen and oxygen atoms in total. The first kappa shape index (κ1) is 18.0. The predicted octanol–water partition coefficient (Wildman–Crippen LogP) is 5.64. The quantitative estimate of drug-likeness (QED) is 0.548. The molecule has 1 aliphatic heterocycles. The van der Waals surface area contributed by atoms with E-state index in [0.717, 1.165) is 17.9 Å². The summed E-state index contributed by atoms with van der Waals surface area (Å²) in [5, 5.41) is 11.0. The minimum Gasteiger partial charge on any atom is -0.341 e. The Morgan fingerprint density at radius 3 is 2.54 bits per heavy atom. The number of carbonyl (C=O) groups excluding carboxylic acids is 1. The van der Waals surface area contributed by atoms with Gasteiger partial charge in [-0.15, -0.1) is 0 Å². The van der Waals surface area contributed by atoms with Gasteiger partial charge in [0.25, 0.3) is 0 Å². The van der Waals surface area contributed by atoms with Crippen LogP contribution in [0.3, 0.4) is 0 Å². The molecule has 0 fully saturated rings. The van der Waals surface area contributed by atoms with E-state index in [9.17, 15) is 4.79 Å². The first-order chi connectivity index (χ1) is 13.5. The maximum atomic E-state index is 12.2. The molecule has 28 heavy (non-hydrogen) atoms. The van der Waals surface area contributed by atoms with Crippen LogP contribution in [-0.2, 0) is 6.54 Å². The Balaban J connectivity index is 1.71. The highest BCUT2D eigenvalue weighted by atomic mass is 16.2. The van der Waals surface area contributed by atoms with Crippen LogP contribution in [0.1, 0.15) is 13.8 Å². The van der Waals surface area contributed by atoms with Gasteiger partial charge in [-0.2, -0.15) is 10.2 Å². The van der Waals surface area contributed by atoms with Crippen LogP contribution in [0, 0.1) is 0 Å². The monoisotopic (exact) mass is 373 g/mol. The third kappa shape index (κ3) is 2.87. The van der Waals surface area contributed by atoms with Gasteiger partial charge in [0.05, 0.1) is 17.6 Å². The van der Waals surface area contributed by atoms with Gasteiger partial charge in [-0.05, 0) is 44.2 Å². The highest BCUT2D eigenvalue weighted by Gasteiger charge is 2.23. The van der Waals surface area contributed by atoms with E-state index in [0.29, 0.717) is 5.70 Å². The number of aryl methyl sites for hydroxylation is 1. The fourth-order valence-corrected chi connectivity index (χ4v) is 3.62. The zero-order valence-electron chi connectivity index (χ0n) is 16.5. The average Bonchev–Trinajstić information content (AvgIpc) is 3.03. The molecule has 0 bridgehead atoms. The fourth-order valence-electron chi connectivity index (χ4n) is 3.62. The number of likely N-dealkylation sites (N-methyl/N-ethyl adjacent to an activating group) is 1. The smallest absolute Gasteiger partial charge is 0.328 e. The van der Waals surface area contributed by atoms with Crippen LogP contribution in [0.2, 0.25) is 0 Å². The molecule has 0 N–H and O–H groups in total. The maximum absolute atomic E-state index is 12.2. The molecule has 0 aliphatic carbocycles. The molecule has 6 heteroatoms. The Kier molecular flexibility index (Phi) is 4.47. The molecule has 0 atom stereocenters. The van der Waals surface area contributed by atoms with Crippen molar-refractivity contribution < 1.29 is 4.79 Å². The normalized spacial score (nSPS) is 16.8. The van der Waals surface area contributed by atoms with Crippen molar-refractivity contribution in [3.63, 3.8) is 0 Å². The Morgan fingerprint density at radius 2 is 1.75 bits per heavy atom. The first-order valence-corrected chi connectivity index (χ1v) is 9.33. The van der Waals surface area contributed by atoms with Crippen LogP contribution in [0.25, 0.3) is 21.8 Å². The minimum absolute atomic E-state index is 0.0877. The van der Waals surface area contributed by atoms with E-state index in [1.807, 2.05) is 19.1 Å². The van der Waals surface area contributed by atoms with Crippen molar-refractivity contribution in [1.29, 1.82) is 0 Å². The van der Waals surface area contributed by atoms with E-state index in [4.69, 9.17) is 0 Å². The van der Waals surface area contributed by atoms with E-state index in [2.05, 4.69) is 58.1 Å². The topological polar surface area (TPSA) is 53.2 Å². The molecule has 0 unspecified atom stereocenters. The third-order valence-corrected chi connectivity index (χ3v) is 5.28. The Morgan fingerprint density at radius 1 is 1.00 bits per heavy atom. The zero-order valence-corrected chi connectivity index (χ0v) is 16.5. The van der Waals surface area contributed by atoms with Gasteiger partial charge in [0.1, 0.15) is 0 Å². The highest BCUT2D eigenvalue weighted by molar-refractivity contribution is 6.08. The number of urea groups is 1. The van der Waals surface area contributed by atoms with Gasteiger partial charge < -0.3 is 9.47 Å². The maximum Gasteiger partial charge on any atom is 0.328 e. The van der Waals surface area contributed by atoms with E-state index >= 15 is 0 Å². The highest BCUT2D eigenvalue weighted by Crippen LogP contribution is 2.32. The number of aromatic nitrogens is 1. The number of azo groups is 1. The van der Waals surface area contributed by atoms with E-state index in [1.165, 1.54) is 21.8 Å². The summed E-state index contributed by atoms with van der Waals surface area (Å²) >= 11 is 0. The van der Waals surface area contributed by atoms with E-state index in [1.54, 1.807) is 30.1 Å². The van der Waals surface area contributed by atoms with Crippen LogP contribution >= 0.6 is 0 Å². The van der Waals surface area contributed by atoms with Gasteiger partial charge in [0.15, 0.2) is 0 Å². The Labute approximate surface area is 164 Å². The lowest BCUT2D eigenvalue weighted by Gasteiger charge is -2.30. The standard InChI is InChI=1S/C22H23N5O/c1-5-27-20-9-7-6-8-18(20)19-13-16(10-11-21(19)27)24-23-14-17-12-15(2)25(3)22(28)26(17)4/h6-14H,5H2,1-4H3. The zero-order chi connectivity index (χ0) is 19.8. The lowest BCUT2D eigenvalue weighted by atomic mass is 10.1. The predicted molar refractivity (Wildman–Crippen MR) is 112 cm³/mol. The number of nitrogens with zero attached hydrogens (tertiary/aromatic N) is 5. The molecule has 2 heterocycles. The number of benzene rings is 2. The summed E-state index contributed by atoms with van der Waals surface area (Å²) in [5.41, 5.74) is 4.79. The first-order valence-electron chi connectivity index (χ1n) is 9.33. The molecule has 2 amide bonds. The molecule has 4 rings (SSSR count). The lowest BCUT2D eigenvalue weighted by molar-refractivity contribution is 0.191. The summed E-state index contributed by atoms with van der Waals surface area (Å²) in [6.45, 7) is 4.96. The second-order valence-electron chi connectivity index (χ2n) is 6.92. The minimum atomic E-state index is -0.0877. The second kappa shape index (κ2) is 6.96. The van der Waals surface area contributed by atoms with Gasteiger partial charge >= 0.3 is 6.03 Å². The second-order valence-corrected chi connectivity index (χ2v) is 6.92. The number of hydrogen-bond donors (Lipinski definition) is 0. The summed E-state index contributed by atoms with van der Waals surface area (Å²) in [6, 6.07) is 14.4. The summed E-state index contributed by atoms with van der Waals surface area (Å²) in [4.78, 5) is 15.3. The largest absolute Gasteiger partial charge is 0.341 e. The molecule has 0 saturated carbocycles. The molecule has 0 spiro atoms. The van der Waals surface area contributed by atoms with Crippen molar-refractivity contribution in [2.75, 3.05) is 14.1 Å². The third-order valence-electron chi connectivity index (χ3n) is 5.28. The number of allylic oxidation sites excluding steroid dienone is 2. The summed E-state index contributed by atoms with van der Waals surface area (Å²) in [7, 11) is 3.49. The molecule has 142 valence electrons. The van der Waals surface area contributed by atoms with Gasteiger partial charge in [-0.1, -0.05) is 18.2 Å². The van der Waals surface area contributed by atoms with Crippen LogP contribution in [0.15, 0.2) is 76.4 Å². The number of rotatable bonds is 3. The van der Waals surface area contributed by atoms with E-state index in [-0.39, 0.29) is 6.03 Å². The average molecular weight is 373 g/mol. The fraction of sp³-hybridized carbons (Fsp3) is 0.227. The number of para-hydroxylation sites is 1. The number of amides is 2. The molecule has 2 aromatic carbocycles. The lowest BCUT2D eigenvalue weighted by Crippen LogP contribution is -2.40. The van der Waals surface area contributed by atoms with Gasteiger partial charge in [0.2, 0.25) is 0 Å². The number of fused-ring (bicyclic) bond motifs is 3. The van der Waals surface area contributed by atoms with Gasteiger partial charge in [-0.25, -0.2) is 4.79 Å². The Bertz CT molecular complexity index is 1170. The van der Waals surface area contributed by atoms with E-state index < -0.39 is 0 Å². The van der Waals surface area contributed by atoms with Crippen molar-refractivity contribution in [1.82, 2.24) is 14.4 Å².